The first kappa shape index (κ1) is 7.55. The highest BCUT2D eigenvalue weighted by molar-refractivity contribution is 8.04. The molecule has 0 aliphatic rings. The molecule has 0 radical (unpaired) electrons. The predicted octanol–water partition coefficient (Wildman–Crippen LogP) is -0.0931. The minimum atomic E-state index is -4.08. The van der Waals surface area contributed by atoms with Crippen LogP contribution in [0.4, 0.5) is 4.39 Å². The van der Waals surface area contributed by atoms with E-state index in [2.05, 4.69) is 0 Å². The molecule has 0 aromatic rings. The van der Waals surface area contributed by atoms with Crippen molar-refractivity contribution in [3.05, 3.63) is 0 Å². The SMILES string of the molecule is CC(F)S(=O)(=O)C=O. The summed E-state index contributed by atoms with van der Waals surface area (Å²) >= 11 is 0. The molecule has 8 heavy (non-hydrogen) atoms. The third-order valence-electron chi connectivity index (χ3n) is 0.587. The number of hydrogen-bond donors (Lipinski definition) is 0. The fourth-order valence-electron chi connectivity index (χ4n) is 0.0766. The van der Waals surface area contributed by atoms with E-state index < -0.39 is 21.0 Å². The van der Waals surface area contributed by atoms with Gasteiger partial charge in [-0.2, -0.15) is 0 Å². The molecule has 0 N–H and O–H groups in total. The van der Waals surface area contributed by atoms with Crippen LogP contribution >= 0.6 is 0 Å². The van der Waals surface area contributed by atoms with Gasteiger partial charge in [0.25, 0.3) is 0 Å². The van der Waals surface area contributed by atoms with Gasteiger partial charge in [0.05, 0.1) is 0 Å². The highest BCUT2D eigenvalue weighted by Crippen LogP contribution is 1.97. The normalized spacial score (nSPS) is 15.2. The van der Waals surface area contributed by atoms with Gasteiger partial charge in [0, 0.05) is 0 Å². The fraction of sp³-hybridized carbons (Fsp3) is 0.667. The lowest BCUT2D eigenvalue weighted by Crippen LogP contribution is -2.12. The maximum Gasteiger partial charge on any atom is 0.240 e. The molecule has 0 amide bonds. The zero-order valence-electron chi connectivity index (χ0n) is 4.17. The molecule has 0 aromatic heterocycles. The van der Waals surface area contributed by atoms with Gasteiger partial charge in [-0.3, -0.25) is 4.79 Å². The average molecular weight is 140 g/mol. The first-order chi connectivity index (χ1) is 3.50. The second-order valence-electron chi connectivity index (χ2n) is 1.23. The summed E-state index contributed by atoms with van der Waals surface area (Å²) in [6.45, 7) is 0.795. The van der Waals surface area contributed by atoms with Crippen molar-refractivity contribution in [2.45, 2.75) is 12.4 Å². The first-order valence-electron chi connectivity index (χ1n) is 1.84. The molecule has 0 rings (SSSR count). The minimum absolute atomic E-state index is 0.391. The molecule has 0 aromatic carbocycles. The van der Waals surface area contributed by atoms with Crippen LogP contribution in [0.2, 0.25) is 0 Å². The van der Waals surface area contributed by atoms with Crippen LogP contribution in [0.5, 0.6) is 0 Å². The van der Waals surface area contributed by atoms with Crippen LogP contribution in [0.15, 0.2) is 0 Å². The number of rotatable bonds is 2. The zero-order chi connectivity index (χ0) is 6.78. The molecule has 0 aliphatic heterocycles. The van der Waals surface area contributed by atoms with Gasteiger partial charge in [0.15, 0.2) is 0 Å². The van der Waals surface area contributed by atoms with E-state index in [4.69, 9.17) is 0 Å². The average Bonchev–Trinajstić information content (AvgIpc) is 1.67. The van der Waals surface area contributed by atoms with Crippen LogP contribution in [0.3, 0.4) is 0 Å². The summed E-state index contributed by atoms with van der Waals surface area (Å²) in [5, 5.41) is 0. The summed E-state index contributed by atoms with van der Waals surface area (Å²) in [7, 11) is -4.08. The molecule has 0 saturated heterocycles. The van der Waals surface area contributed by atoms with Crippen molar-refractivity contribution in [3.63, 3.8) is 0 Å². The van der Waals surface area contributed by atoms with Crippen LogP contribution in [-0.4, -0.2) is 19.5 Å². The summed E-state index contributed by atoms with van der Waals surface area (Å²) in [6, 6.07) is 0. The van der Waals surface area contributed by atoms with Gasteiger partial charge in [0.2, 0.25) is 21.0 Å². The Labute approximate surface area is 46.4 Å². The quantitative estimate of drug-likeness (QED) is 0.503. The van der Waals surface area contributed by atoms with Gasteiger partial charge in [-0.25, -0.2) is 12.8 Å². The molecule has 1 unspecified atom stereocenters. The maximum atomic E-state index is 11.7. The molecule has 3 nitrogen and oxygen atoms in total. The van der Waals surface area contributed by atoms with Crippen molar-refractivity contribution >= 4 is 15.5 Å². The van der Waals surface area contributed by atoms with Gasteiger partial charge in [-0.15, -0.1) is 0 Å². The molecule has 5 heteroatoms. The Hall–Kier alpha value is -0.450. The fourth-order valence-corrected chi connectivity index (χ4v) is 0.230. The van der Waals surface area contributed by atoms with Gasteiger partial charge >= 0.3 is 0 Å². The molecule has 48 valence electrons. The monoisotopic (exact) mass is 140 g/mol. The van der Waals surface area contributed by atoms with Crippen LogP contribution < -0.4 is 0 Å². The van der Waals surface area contributed by atoms with E-state index >= 15 is 0 Å². The van der Waals surface area contributed by atoms with Crippen LogP contribution in [0.1, 0.15) is 6.92 Å². The second kappa shape index (κ2) is 2.21. The lowest BCUT2D eigenvalue weighted by molar-refractivity contribution is 0.447. The summed E-state index contributed by atoms with van der Waals surface area (Å²) in [5.41, 5.74) is -2.47. The molecule has 0 aliphatic carbocycles. The number of carbonyl (C=O) groups excluding carboxylic acids is 1. The van der Waals surface area contributed by atoms with E-state index in [9.17, 15) is 17.6 Å². The third-order valence-corrected chi connectivity index (χ3v) is 1.76. The molecular formula is C3H5FO3S. The zero-order valence-corrected chi connectivity index (χ0v) is 4.98. The van der Waals surface area contributed by atoms with E-state index in [-0.39, 0.29) is 0 Å². The molecule has 0 saturated carbocycles. The summed E-state index contributed by atoms with van der Waals surface area (Å²) in [6.07, 6.45) is 0. The Balaban J connectivity index is 4.40. The lowest BCUT2D eigenvalue weighted by atomic mass is 10.9. The topological polar surface area (TPSA) is 51.2 Å². The highest BCUT2D eigenvalue weighted by Gasteiger charge is 2.17. The van der Waals surface area contributed by atoms with E-state index in [0.717, 1.165) is 6.92 Å². The Bertz CT molecular complexity index is 169. The Morgan fingerprint density at radius 3 is 2.00 bits per heavy atom. The molecular weight excluding hydrogens is 135 g/mol. The van der Waals surface area contributed by atoms with Gasteiger partial charge in [-0.1, -0.05) is 0 Å². The van der Waals surface area contributed by atoms with Crippen molar-refractivity contribution in [2.75, 3.05) is 0 Å². The Kier molecular flexibility index (Phi) is 2.09. The largest absolute Gasteiger partial charge is 0.285 e. The smallest absolute Gasteiger partial charge is 0.240 e. The van der Waals surface area contributed by atoms with Crippen molar-refractivity contribution in [1.82, 2.24) is 0 Å². The third kappa shape index (κ3) is 1.57. The number of alkyl halides is 1. The molecule has 0 bridgehead atoms. The van der Waals surface area contributed by atoms with Gasteiger partial charge in [-0.05, 0) is 6.92 Å². The number of carbonyl (C=O) groups is 1. The Morgan fingerprint density at radius 2 is 2.00 bits per heavy atom. The van der Waals surface area contributed by atoms with Crippen LogP contribution in [-0.2, 0) is 14.6 Å². The molecule has 1 atom stereocenters. The minimum Gasteiger partial charge on any atom is -0.285 e. The predicted molar refractivity (Wildman–Crippen MR) is 26.2 cm³/mol. The van der Waals surface area contributed by atoms with E-state index in [1.165, 1.54) is 0 Å². The maximum absolute atomic E-state index is 11.7. The van der Waals surface area contributed by atoms with Crippen molar-refractivity contribution in [2.24, 2.45) is 0 Å². The number of halogens is 1. The van der Waals surface area contributed by atoms with E-state index in [0.29, 0.717) is 0 Å². The van der Waals surface area contributed by atoms with Crippen molar-refractivity contribution in [1.29, 1.82) is 0 Å². The number of hydrogen-bond acceptors (Lipinski definition) is 3. The highest BCUT2D eigenvalue weighted by atomic mass is 32.2. The van der Waals surface area contributed by atoms with Gasteiger partial charge in [0.1, 0.15) is 0 Å². The van der Waals surface area contributed by atoms with Gasteiger partial charge < -0.3 is 0 Å². The summed E-state index contributed by atoms with van der Waals surface area (Å²) in [4.78, 5) is 9.44. The standard InChI is InChI=1S/C3H5FO3S/c1-3(4)8(6,7)2-5/h2-3H,1H3. The van der Waals surface area contributed by atoms with Crippen molar-refractivity contribution in [3.8, 4) is 0 Å². The molecule has 0 fully saturated rings. The Morgan fingerprint density at radius 1 is 1.62 bits per heavy atom. The van der Waals surface area contributed by atoms with E-state index in [1.54, 1.807) is 0 Å². The van der Waals surface area contributed by atoms with Crippen molar-refractivity contribution < 1.29 is 17.6 Å². The van der Waals surface area contributed by atoms with E-state index in [1.807, 2.05) is 0 Å². The molecule has 0 spiro atoms. The number of sulfone groups is 1. The lowest BCUT2D eigenvalue weighted by Gasteiger charge is -1.91. The first-order valence-corrected chi connectivity index (χ1v) is 3.45. The molecule has 0 heterocycles. The second-order valence-corrected chi connectivity index (χ2v) is 3.25. The van der Waals surface area contributed by atoms with Crippen LogP contribution in [0.25, 0.3) is 0 Å². The summed E-state index contributed by atoms with van der Waals surface area (Å²) in [5.74, 6) is 0. The van der Waals surface area contributed by atoms with Crippen LogP contribution in [0, 0.1) is 0 Å². The summed E-state index contributed by atoms with van der Waals surface area (Å²) < 4.78 is 31.6.